The predicted molar refractivity (Wildman–Crippen MR) is 70.3 cm³/mol. The summed E-state index contributed by atoms with van der Waals surface area (Å²) in [6.07, 6.45) is 1.40. The van der Waals surface area contributed by atoms with Crippen molar-refractivity contribution >= 4 is 11.7 Å². The summed E-state index contributed by atoms with van der Waals surface area (Å²) >= 11 is 0. The van der Waals surface area contributed by atoms with Crippen LogP contribution in [0.5, 0.6) is 5.75 Å². The Labute approximate surface area is 115 Å². The van der Waals surface area contributed by atoms with E-state index in [1.54, 1.807) is 12.1 Å². The van der Waals surface area contributed by atoms with Crippen molar-refractivity contribution in [3.8, 4) is 5.75 Å². The zero-order valence-corrected chi connectivity index (χ0v) is 11.1. The van der Waals surface area contributed by atoms with Gasteiger partial charge in [0, 0.05) is 23.9 Å². The molecular weight excluding hydrogens is 265 g/mol. The van der Waals surface area contributed by atoms with E-state index in [9.17, 15) is 9.18 Å². The number of rotatable bonds is 5. The van der Waals surface area contributed by atoms with Crippen LogP contribution in [0, 0.1) is 5.82 Å². The van der Waals surface area contributed by atoms with Crippen LogP contribution in [0.3, 0.4) is 0 Å². The lowest BCUT2D eigenvalue weighted by molar-refractivity contribution is 0.0563. The predicted octanol–water partition coefficient (Wildman–Crippen LogP) is 2.83. The van der Waals surface area contributed by atoms with Gasteiger partial charge >= 0.3 is 5.97 Å². The first-order chi connectivity index (χ1) is 9.65. The maximum absolute atomic E-state index is 13.5. The van der Waals surface area contributed by atoms with Crippen molar-refractivity contribution in [2.45, 2.75) is 6.54 Å². The molecule has 0 aliphatic heterocycles. The zero-order valence-electron chi connectivity index (χ0n) is 11.1. The number of methoxy groups -OCH3 is 2. The fourth-order valence-electron chi connectivity index (χ4n) is 1.72. The summed E-state index contributed by atoms with van der Waals surface area (Å²) in [6.45, 7) is 0.312. The molecular formula is C14H14FNO4. The highest BCUT2D eigenvalue weighted by Crippen LogP contribution is 2.21. The Hall–Kier alpha value is -2.50. The third-order valence-electron chi connectivity index (χ3n) is 2.75. The lowest BCUT2D eigenvalue weighted by atomic mass is 10.2. The Morgan fingerprint density at radius 3 is 2.80 bits per heavy atom. The zero-order chi connectivity index (χ0) is 14.5. The standard InChI is InChI=1S/C14H14FNO4/c1-18-12-4-3-10(7-11(12)15)16-8-9-5-6-20-13(9)14(17)19-2/h3-7,16H,8H2,1-2H3. The van der Waals surface area contributed by atoms with Crippen LogP contribution in [-0.2, 0) is 11.3 Å². The lowest BCUT2D eigenvalue weighted by Crippen LogP contribution is -2.07. The van der Waals surface area contributed by atoms with Crippen molar-refractivity contribution in [1.82, 2.24) is 0 Å². The van der Waals surface area contributed by atoms with Crippen molar-refractivity contribution in [2.24, 2.45) is 0 Å². The van der Waals surface area contributed by atoms with Gasteiger partial charge in [-0.15, -0.1) is 0 Å². The van der Waals surface area contributed by atoms with Crippen LogP contribution in [0.25, 0.3) is 0 Å². The average Bonchev–Trinajstić information content (AvgIpc) is 2.93. The number of nitrogens with one attached hydrogen (secondary N) is 1. The van der Waals surface area contributed by atoms with Gasteiger partial charge in [-0.05, 0) is 18.2 Å². The van der Waals surface area contributed by atoms with Gasteiger partial charge in [-0.2, -0.15) is 0 Å². The first kappa shape index (κ1) is 13.9. The minimum absolute atomic E-state index is 0.133. The van der Waals surface area contributed by atoms with E-state index in [1.807, 2.05) is 0 Å². The van der Waals surface area contributed by atoms with Gasteiger partial charge in [0.2, 0.25) is 5.76 Å². The molecule has 0 aliphatic carbocycles. The highest BCUT2D eigenvalue weighted by atomic mass is 19.1. The van der Waals surface area contributed by atoms with E-state index in [0.29, 0.717) is 17.8 Å². The molecule has 0 aliphatic rings. The lowest BCUT2D eigenvalue weighted by Gasteiger charge is -2.08. The fourth-order valence-corrected chi connectivity index (χ4v) is 1.72. The Balaban J connectivity index is 2.07. The SMILES string of the molecule is COC(=O)c1occc1CNc1ccc(OC)c(F)c1. The molecule has 20 heavy (non-hydrogen) atoms. The molecule has 0 saturated carbocycles. The van der Waals surface area contributed by atoms with Crippen LogP contribution in [0.2, 0.25) is 0 Å². The number of anilines is 1. The summed E-state index contributed by atoms with van der Waals surface area (Å²) < 4.78 is 28.0. The number of benzene rings is 1. The largest absolute Gasteiger partial charge is 0.494 e. The first-order valence-electron chi connectivity index (χ1n) is 5.87. The molecule has 1 aromatic carbocycles. The molecule has 0 atom stereocenters. The van der Waals surface area contributed by atoms with Crippen molar-refractivity contribution in [3.05, 3.63) is 47.7 Å². The number of halogens is 1. The van der Waals surface area contributed by atoms with Crippen molar-refractivity contribution < 1.29 is 23.1 Å². The Morgan fingerprint density at radius 1 is 1.35 bits per heavy atom. The monoisotopic (exact) mass is 279 g/mol. The molecule has 2 rings (SSSR count). The van der Waals surface area contributed by atoms with Crippen LogP contribution >= 0.6 is 0 Å². The summed E-state index contributed by atoms with van der Waals surface area (Å²) in [5.74, 6) is -0.700. The quantitative estimate of drug-likeness (QED) is 0.853. The molecule has 0 radical (unpaired) electrons. The first-order valence-corrected chi connectivity index (χ1v) is 5.87. The van der Waals surface area contributed by atoms with E-state index in [2.05, 4.69) is 10.1 Å². The molecule has 0 fully saturated rings. The van der Waals surface area contributed by atoms with Crippen molar-refractivity contribution in [1.29, 1.82) is 0 Å². The minimum Gasteiger partial charge on any atom is -0.494 e. The number of ether oxygens (including phenoxy) is 2. The van der Waals surface area contributed by atoms with Gasteiger partial charge < -0.3 is 19.2 Å². The van der Waals surface area contributed by atoms with Gasteiger partial charge in [0.25, 0.3) is 0 Å². The number of carbonyl (C=O) groups excluding carboxylic acids is 1. The highest BCUT2D eigenvalue weighted by Gasteiger charge is 2.15. The number of hydrogen-bond acceptors (Lipinski definition) is 5. The second kappa shape index (κ2) is 6.10. The number of hydrogen-bond donors (Lipinski definition) is 1. The molecule has 0 unspecified atom stereocenters. The van der Waals surface area contributed by atoms with E-state index in [1.165, 1.54) is 32.6 Å². The van der Waals surface area contributed by atoms with E-state index in [-0.39, 0.29) is 11.5 Å². The Bertz CT molecular complexity index is 609. The van der Waals surface area contributed by atoms with Crippen molar-refractivity contribution in [2.75, 3.05) is 19.5 Å². The smallest absolute Gasteiger partial charge is 0.374 e. The molecule has 0 bridgehead atoms. The second-order valence-corrected chi connectivity index (χ2v) is 3.97. The molecule has 5 nitrogen and oxygen atoms in total. The molecule has 6 heteroatoms. The molecule has 106 valence electrons. The minimum atomic E-state index is -0.548. The third-order valence-corrected chi connectivity index (χ3v) is 2.75. The summed E-state index contributed by atoms with van der Waals surface area (Å²) in [5.41, 5.74) is 1.20. The number of esters is 1. The second-order valence-electron chi connectivity index (χ2n) is 3.97. The number of carbonyl (C=O) groups is 1. The van der Waals surface area contributed by atoms with E-state index in [0.717, 1.165) is 0 Å². The summed E-state index contributed by atoms with van der Waals surface area (Å²) in [4.78, 5) is 11.4. The van der Waals surface area contributed by atoms with Gasteiger partial charge in [-0.1, -0.05) is 0 Å². The van der Waals surface area contributed by atoms with E-state index >= 15 is 0 Å². The van der Waals surface area contributed by atoms with Crippen LogP contribution in [-0.4, -0.2) is 20.2 Å². The summed E-state index contributed by atoms with van der Waals surface area (Å²) in [5, 5.41) is 3.00. The summed E-state index contributed by atoms with van der Waals surface area (Å²) in [7, 11) is 2.68. The maximum Gasteiger partial charge on any atom is 0.374 e. The van der Waals surface area contributed by atoms with E-state index < -0.39 is 11.8 Å². The molecule has 0 saturated heterocycles. The van der Waals surface area contributed by atoms with Gasteiger partial charge in [0.05, 0.1) is 20.5 Å². The third kappa shape index (κ3) is 2.90. The van der Waals surface area contributed by atoms with Crippen LogP contribution in [0.15, 0.2) is 34.9 Å². The Kier molecular flexibility index (Phi) is 4.24. The Morgan fingerprint density at radius 2 is 2.15 bits per heavy atom. The molecule has 0 spiro atoms. The average molecular weight is 279 g/mol. The highest BCUT2D eigenvalue weighted by molar-refractivity contribution is 5.87. The van der Waals surface area contributed by atoms with Crippen molar-refractivity contribution in [3.63, 3.8) is 0 Å². The molecule has 1 N–H and O–H groups in total. The van der Waals surface area contributed by atoms with Gasteiger partial charge in [0.15, 0.2) is 11.6 Å². The maximum atomic E-state index is 13.5. The van der Waals surface area contributed by atoms with Gasteiger partial charge in [-0.3, -0.25) is 0 Å². The molecule has 0 amide bonds. The van der Waals surface area contributed by atoms with E-state index in [4.69, 9.17) is 9.15 Å². The normalized spacial score (nSPS) is 10.2. The fraction of sp³-hybridized carbons (Fsp3) is 0.214. The molecule has 2 aromatic rings. The van der Waals surface area contributed by atoms with Crippen LogP contribution in [0.4, 0.5) is 10.1 Å². The van der Waals surface area contributed by atoms with Gasteiger partial charge in [0.1, 0.15) is 0 Å². The molecule has 1 aromatic heterocycles. The van der Waals surface area contributed by atoms with Crippen LogP contribution < -0.4 is 10.1 Å². The summed E-state index contributed by atoms with van der Waals surface area (Å²) in [6, 6.07) is 6.17. The molecule has 1 heterocycles. The topological polar surface area (TPSA) is 60.7 Å². The number of furan rings is 1. The van der Waals surface area contributed by atoms with Crippen LogP contribution in [0.1, 0.15) is 16.1 Å². The van der Waals surface area contributed by atoms with Gasteiger partial charge in [-0.25, -0.2) is 9.18 Å².